The highest BCUT2D eigenvalue weighted by molar-refractivity contribution is 6.33. The van der Waals surface area contributed by atoms with Gasteiger partial charge in [-0.2, -0.15) is 0 Å². The Morgan fingerprint density at radius 3 is 2.89 bits per heavy atom. The third-order valence-corrected chi connectivity index (χ3v) is 3.45. The van der Waals surface area contributed by atoms with Crippen LogP contribution >= 0.6 is 11.6 Å². The van der Waals surface area contributed by atoms with E-state index in [4.69, 9.17) is 16.3 Å². The fourth-order valence-electron chi connectivity index (χ4n) is 2.16. The minimum absolute atomic E-state index is 0.0208. The first-order valence-electron chi connectivity index (χ1n) is 6.00. The van der Waals surface area contributed by atoms with Crippen LogP contribution in [0.1, 0.15) is 12.8 Å². The third kappa shape index (κ3) is 3.15. The number of anilines is 1. The first-order chi connectivity index (χ1) is 8.68. The van der Waals surface area contributed by atoms with Crippen molar-refractivity contribution in [2.45, 2.75) is 18.9 Å². The molecular weight excluding hydrogens is 254 g/mol. The second-order valence-corrected chi connectivity index (χ2v) is 4.82. The zero-order valence-electron chi connectivity index (χ0n) is 9.93. The van der Waals surface area contributed by atoms with E-state index in [2.05, 4.69) is 5.32 Å². The maximum absolute atomic E-state index is 11.4. The van der Waals surface area contributed by atoms with Gasteiger partial charge in [-0.25, -0.2) is 4.79 Å². The van der Waals surface area contributed by atoms with Crippen LogP contribution in [-0.4, -0.2) is 30.3 Å². The van der Waals surface area contributed by atoms with Crippen LogP contribution in [-0.2, 0) is 9.53 Å². The molecule has 1 aromatic carbocycles. The van der Waals surface area contributed by atoms with Crippen LogP contribution in [0.3, 0.4) is 0 Å². The zero-order chi connectivity index (χ0) is 13.0. The summed E-state index contributed by atoms with van der Waals surface area (Å²) in [5.74, 6) is -0.891. The molecule has 98 valence electrons. The van der Waals surface area contributed by atoms with Crippen molar-refractivity contribution in [3.05, 3.63) is 29.3 Å². The molecule has 18 heavy (non-hydrogen) atoms. The lowest BCUT2D eigenvalue weighted by molar-refractivity contribution is -0.140. The summed E-state index contributed by atoms with van der Waals surface area (Å²) < 4.78 is 5.34. The molecule has 1 aromatic rings. The maximum Gasteiger partial charge on any atom is 0.326 e. The number of carbonyl (C=O) groups is 1. The fourth-order valence-corrected chi connectivity index (χ4v) is 2.35. The van der Waals surface area contributed by atoms with Gasteiger partial charge in [0.2, 0.25) is 0 Å². The molecule has 2 N–H and O–H groups in total. The van der Waals surface area contributed by atoms with Gasteiger partial charge in [0.25, 0.3) is 0 Å². The van der Waals surface area contributed by atoms with Gasteiger partial charge >= 0.3 is 5.97 Å². The summed E-state index contributed by atoms with van der Waals surface area (Å²) in [4.78, 5) is 11.4. The molecule has 0 aromatic heterocycles. The van der Waals surface area contributed by atoms with Gasteiger partial charge in [-0.3, -0.25) is 0 Å². The van der Waals surface area contributed by atoms with E-state index in [0.29, 0.717) is 17.3 Å². The number of aliphatic carboxylic acids is 1. The van der Waals surface area contributed by atoms with Crippen LogP contribution < -0.4 is 5.32 Å². The standard InChI is InChI=1S/C13H16ClNO3/c14-10-5-1-2-6-11(10)15-12(13(16)17)9-4-3-7-18-8-9/h1-2,5-6,9,12,15H,3-4,7-8H2,(H,16,17). The first kappa shape index (κ1) is 13.2. The smallest absolute Gasteiger partial charge is 0.326 e. The molecule has 1 aliphatic heterocycles. The minimum Gasteiger partial charge on any atom is -0.480 e. The Kier molecular flexibility index (Phi) is 4.44. The van der Waals surface area contributed by atoms with E-state index in [9.17, 15) is 9.90 Å². The Balaban J connectivity index is 2.11. The molecule has 2 unspecified atom stereocenters. The van der Waals surface area contributed by atoms with Crippen LogP contribution in [0.5, 0.6) is 0 Å². The monoisotopic (exact) mass is 269 g/mol. The molecule has 5 heteroatoms. The summed E-state index contributed by atoms with van der Waals surface area (Å²) in [5.41, 5.74) is 0.650. The van der Waals surface area contributed by atoms with E-state index in [-0.39, 0.29) is 5.92 Å². The Morgan fingerprint density at radius 2 is 2.28 bits per heavy atom. The van der Waals surface area contributed by atoms with Gasteiger partial charge in [-0.1, -0.05) is 23.7 Å². The lowest BCUT2D eigenvalue weighted by Gasteiger charge is -2.29. The molecule has 1 fully saturated rings. The summed E-state index contributed by atoms with van der Waals surface area (Å²) in [6.45, 7) is 1.20. The number of rotatable bonds is 4. The van der Waals surface area contributed by atoms with Gasteiger partial charge in [-0.05, 0) is 25.0 Å². The molecule has 0 aliphatic carbocycles. The van der Waals surface area contributed by atoms with Crippen LogP contribution in [0.15, 0.2) is 24.3 Å². The van der Waals surface area contributed by atoms with Crippen molar-refractivity contribution in [3.8, 4) is 0 Å². The van der Waals surface area contributed by atoms with Gasteiger partial charge in [0.05, 0.1) is 17.3 Å². The highest BCUT2D eigenvalue weighted by atomic mass is 35.5. The first-order valence-corrected chi connectivity index (χ1v) is 6.38. The van der Waals surface area contributed by atoms with Crippen molar-refractivity contribution in [1.29, 1.82) is 0 Å². The summed E-state index contributed by atoms with van der Waals surface area (Å²) >= 11 is 6.03. The molecule has 1 saturated heterocycles. The number of para-hydroxylation sites is 1. The van der Waals surface area contributed by atoms with Gasteiger partial charge in [-0.15, -0.1) is 0 Å². The maximum atomic E-state index is 11.4. The third-order valence-electron chi connectivity index (χ3n) is 3.12. The van der Waals surface area contributed by atoms with Crippen LogP contribution in [0.4, 0.5) is 5.69 Å². The Bertz CT molecular complexity index is 418. The molecule has 0 amide bonds. The van der Waals surface area contributed by atoms with Crippen molar-refractivity contribution in [2.75, 3.05) is 18.5 Å². The molecule has 0 radical (unpaired) electrons. The summed E-state index contributed by atoms with van der Waals surface area (Å²) in [6, 6.07) is 6.49. The molecular formula is C13H16ClNO3. The average molecular weight is 270 g/mol. The number of benzene rings is 1. The molecule has 2 rings (SSSR count). The molecule has 1 aliphatic rings. The lowest BCUT2D eigenvalue weighted by atomic mass is 9.93. The number of carboxylic acid groups (broad SMARTS) is 1. The molecule has 0 saturated carbocycles. The topological polar surface area (TPSA) is 58.6 Å². The summed E-state index contributed by atoms with van der Waals surface area (Å²) in [5, 5.41) is 12.8. The molecule has 1 heterocycles. The molecule has 4 nitrogen and oxygen atoms in total. The number of hydrogen-bond donors (Lipinski definition) is 2. The Morgan fingerprint density at radius 1 is 1.50 bits per heavy atom. The van der Waals surface area contributed by atoms with Gasteiger partial charge in [0.1, 0.15) is 6.04 Å². The molecule has 0 bridgehead atoms. The van der Waals surface area contributed by atoms with Crippen LogP contribution in [0.25, 0.3) is 0 Å². The molecule has 0 spiro atoms. The fraction of sp³-hybridized carbons (Fsp3) is 0.462. The summed E-state index contributed by atoms with van der Waals surface area (Å²) in [7, 11) is 0. The summed E-state index contributed by atoms with van der Waals surface area (Å²) in [6.07, 6.45) is 1.76. The number of hydrogen-bond acceptors (Lipinski definition) is 3. The van der Waals surface area contributed by atoms with E-state index >= 15 is 0 Å². The lowest BCUT2D eigenvalue weighted by Crippen LogP contribution is -2.41. The highest BCUT2D eigenvalue weighted by Crippen LogP contribution is 2.25. The normalized spacial score (nSPS) is 21.3. The predicted octanol–water partition coefficient (Wildman–Crippen LogP) is 2.63. The highest BCUT2D eigenvalue weighted by Gasteiger charge is 2.30. The van der Waals surface area contributed by atoms with Gasteiger partial charge in [0, 0.05) is 12.5 Å². The van der Waals surface area contributed by atoms with E-state index in [1.165, 1.54) is 0 Å². The van der Waals surface area contributed by atoms with Crippen LogP contribution in [0, 0.1) is 5.92 Å². The van der Waals surface area contributed by atoms with Crippen molar-refractivity contribution in [1.82, 2.24) is 0 Å². The number of carboxylic acids is 1. The zero-order valence-corrected chi connectivity index (χ0v) is 10.7. The van der Waals surface area contributed by atoms with Gasteiger partial charge in [0.15, 0.2) is 0 Å². The van der Waals surface area contributed by atoms with E-state index < -0.39 is 12.0 Å². The Labute approximate surface area is 111 Å². The quantitative estimate of drug-likeness (QED) is 0.882. The number of nitrogens with one attached hydrogen (secondary N) is 1. The number of ether oxygens (including phenoxy) is 1. The SMILES string of the molecule is O=C(O)C(Nc1ccccc1Cl)C1CCCOC1. The van der Waals surface area contributed by atoms with Crippen molar-refractivity contribution in [3.63, 3.8) is 0 Å². The van der Waals surface area contributed by atoms with E-state index in [0.717, 1.165) is 19.4 Å². The second kappa shape index (κ2) is 6.07. The predicted molar refractivity (Wildman–Crippen MR) is 70.0 cm³/mol. The largest absolute Gasteiger partial charge is 0.480 e. The van der Waals surface area contributed by atoms with Crippen LogP contribution in [0.2, 0.25) is 5.02 Å². The molecule has 2 atom stereocenters. The van der Waals surface area contributed by atoms with Gasteiger partial charge < -0.3 is 15.2 Å². The van der Waals surface area contributed by atoms with Crippen molar-refractivity contribution >= 4 is 23.3 Å². The minimum atomic E-state index is -0.870. The average Bonchev–Trinajstić information content (AvgIpc) is 2.38. The Hall–Kier alpha value is -1.26. The van der Waals surface area contributed by atoms with Crippen molar-refractivity contribution in [2.24, 2.45) is 5.92 Å². The number of halogens is 1. The van der Waals surface area contributed by atoms with E-state index in [1.807, 2.05) is 12.1 Å². The van der Waals surface area contributed by atoms with E-state index in [1.54, 1.807) is 12.1 Å². The second-order valence-electron chi connectivity index (χ2n) is 4.42. The van der Waals surface area contributed by atoms with Crippen molar-refractivity contribution < 1.29 is 14.6 Å².